The van der Waals surface area contributed by atoms with E-state index in [-0.39, 0.29) is 12.8 Å². The first-order valence-corrected chi connectivity index (χ1v) is 3.42. The van der Waals surface area contributed by atoms with Gasteiger partial charge in [-0.15, -0.1) is 0 Å². The van der Waals surface area contributed by atoms with Gasteiger partial charge in [-0.25, -0.2) is 9.59 Å². The van der Waals surface area contributed by atoms with Crippen molar-refractivity contribution in [2.45, 2.75) is 18.9 Å². The number of rotatable bonds is 4. The zero-order chi connectivity index (χ0) is 10.4. The molecule has 0 saturated carbocycles. The van der Waals surface area contributed by atoms with Crippen molar-refractivity contribution in [3.63, 3.8) is 0 Å². The summed E-state index contributed by atoms with van der Waals surface area (Å²) in [6.45, 7) is 0. The second kappa shape index (κ2) is 5.09. The molecule has 0 fully saturated rings. The van der Waals surface area contributed by atoms with Gasteiger partial charge >= 0.3 is 18.0 Å². The minimum atomic E-state index is -1.25. The van der Waals surface area contributed by atoms with Crippen molar-refractivity contribution in [3.05, 3.63) is 0 Å². The standard InChI is InChI=1S/C6H10N2O5/c7-3(1-2-4(9)10)5(11)13-6(8)12/h3H,1-2,7H2,(H2,8,12)(H,9,10)/t3-/m0/s1. The number of amides is 1. The molecule has 1 atom stereocenters. The SMILES string of the molecule is NC(=O)OC(=O)[C@@H](N)CCC(=O)O. The first-order valence-electron chi connectivity index (χ1n) is 3.42. The molecule has 0 radical (unpaired) electrons. The highest BCUT2D eigenvalue weighted by molar-refractivity contribution is 5.87. The van der Waals surface area contributed by atoms with Crippen LogP contribution in [0.25, 0.3) is 0 Å². The number of nitrogens with two attached hydrogens (primary N) is 2. The third-order valence-corrected chi connectivity index (χ3v) is 1.17. The van der Waals surface area contributed by atoms with E-state index in [4.69, 9.17) is 10.8 Å². The number of carboxylic acid groups (broad SMARTS) is 1. The van der Waals surface area contributed by atoms with Gasteiger partial charge in [0.25, 0.3) is 0 Å². The average molecular weight is 190 g/mol. The molecule has 1 amide bonds. The van der Waals surface area contributed by atoms with E-state index in [0.717, 1.165) is 0 Å². The van der Waals surface area contributed by atoms with Gasteiger partial charge in [-0.3, -0.25) is 4.79 Å². The molecule has 0 unspecified atom stereocenters. The van der Waals surface area contributed by atoms with Gasteiger partial charge in [0.2, 0.25) is 0 Å². The van der Waals surface area contributed by atoms with Crippen LogP contribution in [-0.2, 0) is 14.3 Å². The van der Waals surface area contributed by atoms with Crippen LogP contribution in [0, 0.1) is 0 Å². The van der Waals surface area contributed by atoms with Crippen LogP contribution in [0.15, 0.2) is 0 Å². The van der Waals surface area contributed by atoms with Gasteiger partial charge < -0.3 is 21.3 Å². The lowest BCUT2D eigenvalue weighted by Crippen LogP contribution is -2.35. The highest BCUT2D eigenvalue weighted by atomic mass is 16.6. The molecule has 0 aliphatic carbocycles. The van der Waals surface area contributed by atoms with Crippen molar-refractivity contribution in [1.29, 1.82) is 0 Å². The fourth-order valence-electron chi connectivity index (χ4n) is 0.572. The van der Waals surface area contributed by atoms with E-state index < -0.39 is 24.1 Å². The van der Waals surface area contributed by atoms with E-state index in [1.807, 2.05) is 0 Å². The Hall–Kier alpha value is -1.63. The maximum absolute atomic E-state index is 10.7. The second-order valence-electron chi connectivity index (χ2n) is 2.28. The van der Waals surface area contributed by atoms with E-state index in [0.29, 0.717) is 0 Å². The van der Waals surface area contributed by atoms with Crippen LogP contribution in [0.2, 0.25) is 0 Å². The van der Waals surface area contributed by atoms with Crippen LogP contribution in [0.3, 0.4) is 0 Å². The molecule has 13 heavy (non-hydrogen) atoms. The quantitative estimate of drug-likeness (QED) is 0.376. The van der Waals surface area contributed by atoms with E-state index >= 15 is 0 Å². The van der Waals surface area contributed by atoms with Crippen molar-refractivity contribution < 1.29 is 24.2 Å². The third kappa shape index (κ3) is 5.62. The van der Waals surface area contributed by atoms with E-state index in [1.54, 1.807) is 0 Å². The van der Waals surface area contributed by atoms with Crippen LogP contribution in [0.4, 0.5) is 4.79 Å². The molecular formula is C6H10N2O5. The van der Waals surface area contributed by atoms with Gasteiger partial charge in [0.15, 0.2) is 0 Å². The molecule has 0 bridgehead atoms. The summed E-state index contributed by atoms with van der Waals surface area (Å²) in [5.41, 5.74) is 9.70. The molecule has 0 aromatic carbocycles. The Bertz CT molecular complexity index is 227. The normalized spacial score (nSPS) is 11.8. The summed E-state index contributed by atoms with van der Waals surface area (Å²) in [4.78, 5) is 30.8. The number of carbonyl (C=O) groups excluding carboxylic acids is 2. The Morgan fingerprint density at radius 1 is 1.38 bits per heavy atom. The number of hydrogen-bond acceptors (Lipinski definition) is 5. The molecule has 0 spiro atoms. The van der Waals surface area contributed by atoms with Crippen LogP contribution >= 0.6 is 0 Å². The lowest BCUT2D eigenvalue weighted by Gasteiger charge is -2.06. The average Bonchev–Trinajstić information content (AvgIpc) is 1.98. The molecule has 0 aliphatic rings. The molecule has 0 saturated heterocycles. The number of esters is 1. The molecule has 0 aliphatic heterocycles. The van der Waals surface area contributed by atoms with Gasteiger partial charge in [0.1, 0.15) is 6.04 Å². The number of aliphatic carboxylic acids is 1. The second-order valence-corrected chi connectivity index (χ2v) is 2.28. The molecule has 7 nitrogen and oxygen atoms in total. The van der Waals surface area contributed by atoms with Gasteiger partial charge in [-0.05, 0) is 6.42 Å². The van der Waals surface area contributed by atoms with Gasteiger partial charge in [0, 0.05) is 6.42 Å². The highest BCUT2D eigenvalue weighted by Crippen LogP contribution is 1.96. The maximum atomic E-state index is 10.7. The highest BCUT2D eigenvalue weighted by Gasteiger charge is 2.18. The molecule has 7 heteroatoms. The molecule has 0 rings (SSSR count). The van der Waals surface area contributed by atoms with E-state index in [1.165, 1.54) is 0 Å². The van der Waals surface area contributed by atoms with Crippen LogP contribution in [0.5, 0.6) is 0 Å². The molecule has 5 N–H and O–H groups in total. The predicted octanol–water partition coefficient (Wildman–Crippen LogP) is -1.20. The fourth-order valence-corrected chi connectivity index (χ4v) is 0.572. The zero-order valence-electron chi connectivity index (χ0n) is 6.73. The summed E-state index contributed by atoms with van der Waals surface area (Å²) in [6.07, 6.45) is -1.62. The minimum absolute atomic E-state index is 0.0958. The zero-order valence-corrected chi connectivity index (χ0v) is 6.73. The number of carbonyl (C=O) groups is 3. The first kappa shape index (κ1) is 11.4. The van der Waals surface area contributed by atoms with Crippen molar-refractivity contribution in [3.8, 4) is 0 Å². The van der Waals surface area contributed by atoms with Crippen molar-refractivity contribution in [2.24, 2.45) is 11.5 Å². The summed E-state index contributed by atoms with van der Waals surface area (Å²) in [5, 5.41) is 8.23. The largest absolute Gasteiger partial charge is 0.481 e. The Kier molecular flexibility index (Phi) is 4.45. The Labute approximate surface area is 73.6 Å². The number of primary amides is 1. The number of carboxylic acids is 1. The van der Waals surface area contributed by atoms with Gasteiger partial charge in [-0.2, -0.15) is 0 Å². The lowest BCUT2D eigenvalue weighted by atomic mass is 10.2. The van der Waals surface area contributed by atoms with Gasteiger partial charge in [-0.1, -0.05) is 0 Å². The Morgan fingerprint density at radius 2 is 1.92 bits per heavy atom. The molecule has 0 heterocycles. The molecule has 0 aromatic rings. The number of hydrogen-bond donors (Lipinski definition) is 3. The van der Waals surface area contributed by atoms with Crippen LogP contribution in [0.1, 0.15) is 12.8 Å². The third-order valence-electron chi connectivity index (χ3n) is 1.17. The summed E-state index contributed by atoms with van der Waals surface area (Å²) < 4.78 is 3.93. The summed E-state index contributed by atoms with van der Waals surface area (Å²) in [6, 6.07) is -1.14. The number of ether oxygens (including phenoxy) is 1. The molecular weight excluding hydrogens is 180 g/mol. The van der Waals surface area contributed by atoms with E-state index in [2.05, 4.69) is 10.5 Å². The first-order chi connectivity index (χ1) is 5.93. The Morgan fingerprint density at radius 3 is 2.31 bits per heavy atom. The van der Waals surface area contributed by atoms with Crippen molar-refractivity contribution in [1.82, 2.24) is 0 Å². The maximum Gasteiger partial charge on any atom is 0.412 e. The Balaban J connectivity index is 3.82. The topological polar surface area (TPSA) is 133 Å². The predicted molar refractivity (Wildman–Crippen MR) is 40.5 cm³/mol. The monoisotopic (exact) mass is 190 g/mol. The van der Waals surface area contributed by atoms with Crippen LogP contribution < -0.4 is 11.5 Å². The molecule has 0 aromatic heterocycles. The van der Waals surface area contributed by atoms with Gasteiger partial charge in [0.05, 0.1) is 0 Å². The van der Waals surface area contributed by atoms with E-state index in [9.17, 15) is 14.4 Å². The van der Waals surface area contributed by atoms with Crippen molar-refractivity contribution >= 4 is 18.0 Å². The minimum Gasteiger partial charge on any atom is -0.481 e. The fraction of sp³-hybridized carbons (Fsp3) is 0.500. The summed E-state index contributed by atoms with van der Waals surface area (Å²) >= 11 is 0. The lowest BCUT2D eigenvalue weighted by molar-refractivity contribution is -0.139. The summed E-state index contributed by atoms with van der Waals surface area (Å²) in [7, 11) is 0. The smallest absolute Gasteiger partial charge is 0.412 e. The molecule has 74 valence electrons. The van der Waals surface area contributed by atoms with Crippen LogP contribution in [-0.4, -0.2) is 29.2 Å². The van der Waals surface area contributed by atoms with Crippen molar-refractivity contribution in [2.75, 3.05) is 0 Å². The summed E-state index contributed by atoms with van der Waals surface area (Å²) in [5.74, 6) is -2.10.